The fourth-order valence-electron chi connectivity index (χ4n) is 1.84. The molecule has 0 spiro atoms. The van der Waals surface area contributed by atoms with Gasteiger partial charge in [0.1, 0.15) is 0 Å². The molecule has 1 aliphatic carbocycles. The molecule has 0 aromatic heterocycles. The molecule has 0 saturated heterocycles. The summed E-state index contributed by atoms with van der Waals surface area (Å²) in [4.78, 5) is 0. The summed E-state index contributed by atoms with van der Waals surface area (Å²) in [6, 6.07) is 0. The van der Waals surface area contributed by atoms with Crippen LogP contribution in [0.5, 0.6) is 0 Å². The van der Waals surface area contributed by atoms with Gasteiger partial charge in [0.15, 0.2) is 5.79 Å². The first kappa shape index (κ1) is 10.0. The molecular formula is C10H20O2. The van der Waals surface area contributed by atoms with E-state index in [2.05, 4.69) is 0 Å². The van der Waals surface area contributed by atoms with Crippen molar-refractivity contribution in [2.75, 3.05) is 0 Å². The Balaban J connectivity index is 2.42. The number of hydrogen-bond donors (Lipinski definition) is 1. The zero-order valence-electron chi connectivity index (χ0n) is 8.18. The minimum absolute atomic E-state index is 0.133. The molecule has 0 radical (unpaired) electrons. The number of aliphatic hydroxyl groups is 1. The lowest BCUT2D eigenvalue weighted by atomic mass is 10.1. The number of rotatable bonds is 2. The molecule has 2 heteroatoms. The standard InChI is InChI=1S/C10H20O2/c1-9(2)12-10(11)7-5-3-4-6-8-10/h9,11H,3-8H2,1-2H3. The highest BCUT2D eigenvalue weighted by Gasteiger charge is 2.29. The summed E-state index contributed by atoms with van der Waals surface area (Å²) in [6.07, 6.45) is 6.43. The molecule has 1 aliphatic rings. The third-order valence-electron chi connectivity index (χ3n) is 2.34. The van der Waals surface area contributed by atoms with Crippen LogP contribution < -0.4 is 0 Å². The molecule has 0 aromatic rings. The van der Waals surface area contributed by atoms with Gasteiger partial charge >= 0.3 is 0 Å². The highest BCUT2D eigenvalue weighted by Crippen LogP contribution is 2.28. The van der Waals surface area contributed by atoms with Crippen LogP contribution in [-0.2, 0) is 4.74 Å². The first-order valence-corrected chi connectivity index (χ1v) is 5.03. The van der Waals surface area contributed by atoms with Gasteiger partial charge in [0.25, 0.3) is 0 Å². The minimum atomic E-state index is -0.815. The molecule has 0 aliphatic heterocycles. The fourth-order valence-corrected chi connectivity index (χ4v) is 1.84. The highest BCUT2D eigenvalue weighted by atomic mass is 16.6. The molecule has 1 saturated carbocycles. The van der Waals surface area contributed by atoms with Crippen molar-refractivity contribution in [1.82, 2.24) is 0 Å². The molecule has 0 bridgehead atoms. The van der Waals surface area contributed by atoms with E-state index in [0.29, 0.717) is 0 Å². The molecule has 2 nitrogen and oxygen atoms in total. The van der Waals surface area contributed by atoms with Gasteiger partial charge in [-0.25, -0.2) is 0 Å². The second-order valence-corrected chi connectivity index (χ2v) is 4.03. The van der Waals surface area contributed by atoms with Crippen LogP contribution >= 0.6 is 0 Å². The van der Waals surface area contributed by atoms with Gasteiger partial charge in [-0.05, 0) is 26.7 Å². The SMILES string of the molecule is CC(C)OC1(O)CCCCCC1. The van der Waals surface area contributed by atoms with Crippen LogP contribution in [0.25, 0.3) is 0 Å². The molecular weight excluding hydrogens is 152 g/mol. The Bertz CT molecular complexity index is 124. The molecule has 72 valence electrons. The second-order valence-electron chi connectivity index (χ2n) is 4.03. The molecule has 0 amide bonds. The van der Waals surface area contributed by atoms with Crippen molar-refractivity contribution in [1.29, 1.82) is 0 Å². The van der Waals surface area contributed by atoms with Crippen LogP contribution in [0.4, 0.5) is 0 Å². The summed E-state index contributed by atoms with van der Waals surface area (Å²) in [5, 5.41) is 10.00. The summed E-state index contributed by atoms with van der Waals surface area (Å²) in [5.74, 6) is -0.815. The fraction of sp³-hybridized carbons (Fsp3) is 1.00. The van der Waals surface area contributed by atoms with Gasteiger partial charge < -0.3 is 9.84 Å². The van der Waals surface area contributed by atoms with Crippen molar-refractivity contribution >= 4 is 0 Å². The van der Waals surface area contributed by atoms with Crippen LogP contribution in [0.2, 0.25) is 0 Å². The van der Waals surface area contributed by atoms with Gasteiger partial charge in [-0.1, -0.05) is 12.8 Å². The normalized spacial score (nSPS) is 24.0. The van der Waals surface area contributed by atoms with E-state index in [0.717, 1.165) is 25.7 Å². The van der Waals surface area contributed by atoms with Crippen LogP contribution in [0.3, 0.4) is 0 Å². The quantitative estimate of drug-likeness (QED) is 0.512. The van der Waals surface area contributed by atoms with E-state index in [1.807, 2.05) is 13.8 Å². The Morgan fingerprint density at radius 1 is 1.08 bits per heavy atom. The van der Waals surface area contributed by atoms with E-state index < -0.39 is 5.79 Å². The lowest BCUT2D eigenvalue weighted by Gasteiger charge is -2.28. The molecule has 1 fully saturated rings. The predicted molar refractivity (Wildman–Crippen MR) is 48.9 cm³/mol. The third-order valence-corrected chi connectivity index (χ3v) is 2.34. The van der Waals surface area contributed by atoms with Crippen molar-refractivity contribution in [2.24, 2.45) is 0 Å². The van der Waals surface area contributed by atoms with Crippen molar-refractivity contribution in [3.05, 3.63) is 0 Å². The highest BCUT2D eigenvalue weighted by molar-refractivity contribution is 4.72. The van der Waals surface area contributed by atoms with E-state index in [-0.39, 0.29) is 6.10 Å². The minimum Gasteiger partial charge on any atom is -0.365 e. The maximum atomic E-state index is 10.00. The molecule has 0 atom stereocenters. The second kappa shape index (κ2) is 4.24. The lowest BCUT2D eigenvalue weighted by Crippen LogP contribution is -2.34. The average molecular weight is 172 g/mol. The van der Waals surface area contributed by atoms with Crippen molar-refractivity contribution < 1.29 is 9.84 Å². The van der Waals surface area contributed by atoms with Crippen LogP contribution in [0.15, 0.2) is 0 Å². The third kappa shape index (κ3) is 3.11. The van der Waals surface area contributed by atoms with Gasteiger partial charge in [-0.2, -0.15) is 0 Å². The van der Waals surface area contributed by atoms with Crippen molar-refractivity contribution in [3.8, 4) is 0 Å². The van der Waals surface area contributed by atoms with Crippen LogP contribution in [-0.4, -0.2) is 17.0 Å². The molecule has 1 N–H and O–H groups in total. The van der Waals surface area contributed by atoms with Gasteiger partial charge in [-0.15, -0.1) is 0 Å². The van der Waals surface area contributed by atoms with E-state index in [1.54, 1.807) is 0 Å². The summed E-state index contributed by atoms with van der Waals surface area (Å²) < 4.78 is 5.51. The monoisotopic (exact) mass is 172 g/mol. The molecule has 0 heterocycles. The Morgan fingerprint density at radius 3 is 2.00 bits per heavy atom. The largest absolute Gasteiger partial charge is 0.365 e. The van der Waals surface area contributed by atoms with E-state index in [4.69, 9.17) is 4.74 Å². The van der Waals surface area contributed by atoms with E-state index >= 15 is 0 Å². The zero-order chi connectivity index (χ0) is 9.03. The maximum Gasteiger partial charge on any atom is 0.165 e. The summed E-state index contributed by atoms with van der Waals surface area (Å²) in [7, 11) is 0. The van der Waals surface area contributed by atoms with Crippen LogP contribution in [0, 0.1) is 0 Å². The van der Waals surface area contributed by atoms with E-state index in [1.165, 1.54) is 12.8 Å². The van der Waals surface area contributed by atoms with Gasteiger partial charge in [0.05, 0.1) is 6.10 Å². The smallest absolute Gasteiger partial charge is 0.165 e. The topological polar surface area (TPSA) is 29.5 Å². The Morgan fingerprint density at radius 2 is 1.58 bits per heavy atom. The molecule has 0 aromatic carbocycles. The molecule has 1 rings (SSSR count). The Labute approximate surface area is 74.9 Å². The predicted octanol–water partition coefficient (Wildman–Crippen LogP) is 2.45. The zero-order valence-corrected chi connectivity index (χ0v) is 8.18. The summed E-state index contributed by atoms with van der Waals surface area (Å²) in [5.41, 5.74) is 0. The summed E-state index contributed by atoms with van der Waals surface area (Å²) >= 11 is 0. The summed E-state index contributed by atoms with van der Waals surface area (Å²) in [6.45, 7) is 3.95. The Hall–Kier alpha value is -0.0800. The maximum absolute atomic E-state index is 10.00. The first-order chi connectivity index (χ1) is 5.62. The number of ether oxygens (including phenoxy) is 1. The van der Waals surface area contributed by atoms with Gasteiger partial charge in [0.2, 0.25) is 0 Å². The average Bonchev–Trinajstić information content (AvgIpc) is 2.12. The van der Waals surface area contributed by atoms with Crippen molar-refractivity contribution in [2.45, 2.75) is 64.3 Å². The van der Waals surface area contributed by atoms with Crippen LogP contribution in [0.1, 0.15) is 52.4 Å². The molecule has 0 unspecified atom stereocenters. The van der Waals surface area contributed by atoms with Crippen molar-refractivity contribution in [3.63, 3.8) is 0 Å². The van der Waals surface area contributed by atoms with E-state index in [9.17, 15) is 5.11 Å². The Kier molecular flexibility index (Phi) is 3.53. The number of hydrogen-bond acceptors (Lipinski definition) is 2. The first-order valence-electron chi connectivity index (χ1n) is 5.03. The van der Waals surface area contributed by atoms with Gasteiger partial charge in [0, 0.05) is 12.8 Å². The molecule has 12 heavy (non-hydrogen) atoms. The lowest BCUT2D eigenvalue weighted by molar-refractivity contribution is -0.229. The van der Waals surface area contributed by atoms with Gasteiger partial charge in [-0.3, -0.25) is 0 Å².